The van der Waals surface area contributed by atoms with Crippen LogP contribution in [-0.2, 0) is 23.7 Å². The topological polar surface area (TPSA) is 87.9 Å². The molecular formula is C26H37ClN4O5. The van der Waals surface area contributed by atoms with Crippen LogP contribution in [0.5, 0.6) is 0 Å². The molecule has 0 saturated carbocycles. The number of hydrogen-bond donors (Lipinski definition) is 0. The van der Waals surface area contributed by atoms with E-state index in [-0.39, 0.29) is 24.3 Å². The minimum Gasteiger partial charge on any atom is -0.460 e. The predicted molar refractivity (Wildman–Crippen MR) is 135 cm³/mol. The molecule has 0 bridgehead atoms. The molecule has 2 aromatic heterocycles. The molecule has 1 unspecified atom stereocenters. The van der Waals surface area contributed by atoms with Crippen LogP contribution < -0.4 is 0 Å². The first-order valence-corrected chi connectivity index (χ1v) is 13.3. The number of likely N-dealkylation sites (tertiary alicyclic amines) is 1. The van der Waals surface area contributed by atoms with Crippen molar-refractivity contribution in [2.24, 2.45) is 0 Å². The van der Waals surface area contributed by atoms with E-state index < -0.39 is 17.6 Å². The van der Waals surface area contributed by atoms with E-state index in [4.69, 9.17) is 30.5 Å². The number of fused-ring (bicyclic) bond motifs is 2. The smallest absolute Gasteiger partial charge is 0.306 e. The first-order chi connectivity index (χ1) is 17.0. The number of ether oxygens (including phenoxy) is 4. The molecule has 198 valence electrons. The van der Waals surface area contributed by atoms with Gasteiger partial charge < -0.3 is 23.5 Å². The van der Waals surface area contributed by atoms with Gasteiger partial charge in [-0.15, -0.1) is 0 Å². The number of esters is 1. The number of aromatic nitrogens is 3. The Morgan fingerprint density at radius 2 is 2.00 bits per heavy atom. The second kappa shape index (κ2) is 9.83. The van der Waals surface area contributed by atoms with E-state index in [1.807, 2.05) is 51.4 Å². The molecule has 2 aromatic rings. The van der Waals surface area contributed by atoms with Crippen molar-refractivity contribution in [2.45, 2.75) is 109 Å². The summed E-state index contributed by atoms with van der Waals surface area (Å²) < 4.78 is 26.8. The van der Waals surface area contributed by atoms with E-state index in [1.165, 1.54) is 6.33 Å². The highest BCUT2D eigenvalue weighted by Crippen LogP contribution is 2.44. The molecule has 0 aromatic carbocycles. The van der Waals surface area contributed by atoms with Gasteiger partial charge in [0.2, 0.25) is 0 Å². The van der Waals surface area contributed by atoms with E-state index in [1.54, 1.807) is 0 Å². The molecule has 0 spiro atoms. The standard InChI is InChI=1S/C26H37ClN4O5/c1-25(2,3)34-19(32)10-9-16-8-6-7-12-30(16)14-18-20-21(36-26(4,5)35-20)24(33-18)31-13-11-17-22(27)28-15-29-23(17)31/h11,13,15-16,18,20-21,24H,6-10,12,14H2,1-5H3/t16?,18-,20-,21-,24-/m1/s1. The summed E-state index contributed by atoms with van der Waals surface area (Å²) in [7, 11) is 0. The zero-order valence-electron chi connectivity index (χ0n) is 21.8. The molecule has 5 heterocycles. The molecule has 0 aliphatic carbocycles. The highest BCUT2D eigenvalue weighted by atomic mass is 35.5. The van der Waals surface area contributed by atoms with Crippen molar-refractivity contribution in [3.63, 3.8) is 0 Å². The molecule has 5 rings (SSSR count). The monoisotopic (exact) mass is 520 g/mol. The van der Waals surface area contributed by atoms with Crippen LogP contribution in [0.2, 0.25) is 5.15 Å². The lowest BCUT2D eigenvalue weighted by Crippen LogP contribution is -2.47. The molecule has 3 fully saturated rings. The summed E-state index contributed by atoms with van der Waals surface area (Å²) in [4.78, 5) is 23.4. The van der Waals surface area contributed by atoms with Crippen molar-refractivity contribution in [2.75, 3.05) is 13.1 Å². The SMILES string of the molecule is CC(C)(C)OC(=O)CCC1CCCCN1C[C@H]1O[C@@H](n2ccc3c(Cl)ncnc32)[C@@H]2OC(C)(C)O[C@@H]21. The number of hydrogen-bond acceptors (Lipinski definition) is 8. The Bertz CT molecular complexity index is 1100. The fraction of sp³-hybridized carbons (Fsp3) is 0.731. The lowest BCUT2D eigenvalue weighted by Gasteiger charge is -2.38. The number of carbonyl (C=O) groups is 1. The zero-order valence-corrected chi connectivity index (χ0v) is 22.5. The van der Waals surface area contributed by atoms with Crippen LogP contribution in [-0.4, -0.2) is 74.2 Å². The first kappa shape index (κ1) is 25.9. The van der Waals surface area contributed by atoms with Crippen LogP contribution in [0, 0.1) is 0 Å². The molecule has 3 aliphatic heterocycles. The van der Waals surface area contributed by atoms with Crippen molar-refractivity contribution in [3.8, 4) is 0 Å². The fourth-order valence-corrected chi connectivity index (χ4v) is 5.90. The van der Waals surface area contributed by atoms with E-state index in [0.29, 0.717) is 29.8 Å². The Kier molecular flexibility index (Phi) is 7.06. The van der Waals surface area contributed by atoms with Crippen LogP contribution in [0.4, 0.5) is 0 Å². The van der Waals surface area contributed by atoms with E-state index in [0.717, 1.165) is 37.6 Å². The second-order valence-corrected chi connectivity index (χ2v) is 11.9. The van der Waals surface area contributed by atoms with E-state index >= 15 is 0 Å². The number of rotatable bonds is 6. The highest BCUT2D eigenvalue weighted by Gasteiger charge is 2.56. The first-order valence-electron chi connectivity index (χ1n) is 12.9. The van der Waals surface area contributed by atoms with Gasteiger partial charge >= 0.3 is 5.97 Å². The van der Waals surface area contributed by atoms with Crippen LogP contribution in [0.25, 0.3) is 11.0 Å². The average Bonchev–Trinajstić information content (AvgIpc) is 3.44. The van der Waals surface area contributed by atoms with Gasteiger partial charge in [-0.05, 0) is 66.5 Å². The largest absolute Gasteiger partial charge is 0.460 e. The maximum Gasteiger partial charge on any atom is 0.306 e. The third kappa shape index (κ3) is 5.41. The molecule has 3 aliphatic rings. The second-order valence-electron chi connectivity index (χ2n) is 11.5. The van der Waals surface area contributed by atoms with Gasteiger partial charge in [0, 0.05) is 25.2 Å². The van der Waals surface area contributed by atoms with Gasteiger partial charge in [-0.2, -0.15) is 0 Å². The van der Waals surface area contributed by atoms with Crippen molar-refractivity contribution < 1.29 is 23.7 Å². The maximum absolute atomic E-state index is 12.4. The van der Waals surface area contributed by atoms with E-state index in [2.05, 4.69) is 14.9 Å². The van der Waals surface area contributed by atoms with E-state index in [9.17, 15) is 4.79 Å². The van der Waals surface area contributed by atoms with Crippen molar-refractivity contribution in [1.29, 1.82) is 0 Å². The Hall–Kier alpha value is -1.78. The molecule has 3 saturated heterocycles. The summed E-state index contributed by atoms with van der Waals surface area (Å²) in [5, 5.41) is 1.19. The predicted octanol–water partition coefficient (Wildman–Crippen LogP) is 4.48. The minimum atomic E-state index is -0.705. The third-order valence-corrected chi connectivity index (χ3v) is 7.43. The molecule has 0 amide bonds. The minimum absolute atomic E-state index is 0.139. The van der Waals surface area contributed by atoms with Crippen molar-refractivity contribution >= 4 is 28.6 Å². The number of nitrogens with zero attached hydrogens (tertiary/aromatic N) is 4. The van der Waals surface area contributed by atoms with Crippen LogP contribution in [0.1, 0.15) is 73.0 Å². The van der Waals surface area contributed by atoms with Crippen molar-refractivity contribution in [1.82, 2.24) is 19.4 Å². The number of carbonyl (C=O) groups excluding carboxylic acids is 1. The quantitative estimate of drug-likeness (QED) is 0.407. The molecule has 10 heteroatoms. The lowest BCUT2D eigenvalue weighted by atomic mass is 9.96. The summed E-state index contributed by atoms with van der Waals surface area (Å²) in [5.74, 6) is -0.844. The van der Waals surface area contributed by atoms with Gasteiger partial charge in [0.15, 0.2) is 12.0 Å². The summed E-state index contributed by atoms with van der Waals surface area (Å²) in [5.41, 5.74) is 0.246. The molecular weight excluding hydrogens is 484 g/mol. The average molecular weight is 521 g/mol. The Morgan fingerprint density at radius 1 is 1.22 bits per heavy atom. The summed E-state index contributed by atoms with van der Waals surface area (Å²) in [6.07, 6.45) is 6.88. The molecule has 0 radical (unpaired) electrons. The summed E-state index contributed by atoms with van der Waals surface area (Å²) >= 11 is 6.29. The Morgan fingerprint density at radius 3 is 2.78 bits per heavy atom. The highest BCUT2D eigenvalue weighted by molar-refractivity contribution is 6.33. The van der Waals surface area contributed by atoms with Crippen molar-refractivity contribution in [3.05, 3.63) is 23.7 Å². The van der Waals surface area contributed by atoms with Gasteiger partial charge in [-0.25, -0.2) is 9.97 Å². The third-order valence-electron chi connectivity index (χ3n) is 7.13. The summed E-state index contributed by atoms with van der Waals surface area (Å²) in [6, 6.07) is 2.21. The maximum atomic E-state index is 12.4. The van der Waals surface area contributed by atoms with Crippen LogP contribution in [0.15, 0.2) is 18.6 Å². The molecule has 36 heavy (non-hydrogen) atoms. The molecule has 0 N–H and O–H groups in total. The van der Waals surface area contributed by atoms with Gasteiger partial charge in [0.1, 0.15) is 41.0 Å². The summed E-state index contributed by atoms with van der Waals surface area (Å²) in [6.45, 7) is 11.3. The van der Waals surface area contributed by atoms with Crippen LogP contribution in [0.3, 0.4) is 0 Å². The Labute approximate surface area is 217 Å². The number of piperidine rings is 1. The number of halogens is 1. The van der Waals surface area contributed by atoms with Gasteiger partial charge in [0.05, 0.1) is 5.39 Å². The van der Waals surface area contributed by atoms with Gasteiger partial charge in [-0.3, -0.25) is 9.69 Å². The molecule has 9 nitrogen and oxygen atoms in total. The Balaban J connectivity index is 1.32. The molecule has 5 atom stereocenters. The lowest BCUT2D eigenvalue weighted by molar-refractivity contribution is -0.198. The van der Waals surface area contributed by atoms with Gasteiger partial charge in [0.25, 0.3) is 0 Å². The van der Waals surface area contributed by atoms with Crippen LogP contribution >= 0.6 is 11.6 Å². The zero-order chi connectivity index (χ0) is 25.7. The van der Waals surface area contributed by atoms with Gasteiger partial charge in [-0.1, -0.05) is 18.0 Å². The normalized spacial score (nSPS) is 30.6. The fourth-order valence-electron chi connectivity index (χ4n) is 5.71.